The van der Waals surface area contributed by atoms with Crippen molar-refractivity contribution in [2.75, 3.05) is 19.6 Å². The van der Waals surface area contributed by atoms with Crippen molar-refractivity contribution >= 4 is 12.0 Å². The van der Waals surface area contributed by atoms with E-state index in [1.807, 2.05) is 26.8 Å². The van der Waals surface area contributed by atoms with Gasteiger partial charge in [0, 0.05) is 19.6 Å². The lowest BCUT2D eigenvalue weighted by Gasteiger charge is -2.23. The number of hydrogen-bond acceptors (Lipinski definition) is 2. The molecule has 1 unspecified atom stereocenters. The number of carboxylic acid groups (broad SMARTS) is 1. The minimum atomic E-state index is -0.801. The molecule has 1 saturated heterocycles. The molecule has 2 amide bonds. The lowest BCUT2D eigenvalue weighted by atomic mass is 9.84. The van der Waals surface area contributed by atoms with Gasteiger partial charge in [-0.3, -0.25) is 4.79 Å². The molecule has 1 fully saturated rings. The van der Waals surface area contributed by atoms with Gasteiger partial charge in [-0.15, -0.1) is 0 Å². The number of amides is 2. The molecule has 5 heteroatoms. The van der Waals surface area contributed by atoms with Gasteiger partial charge >= 0.3 is 12.0 Å². The number of nitrogens with one attached hydrogen (secondary N) is 1. The first kappa shape index (κ1) is 14.5. The highest BCUT2D eigenvalue weighted by Crippen LogP contribution is 2.34. The maximum absolute atomic E-state index is 11.8. The molecule has 0 aromatic rings. The van der Waals surface area contributed by atoms with Gasteiger partial charge in [0.2, 0.25) is 0 Å². The summed E-state index contributed by atoms with van der Waals surface area (Å²) in [4.78, 5) is 24.7. The van der Waals surface area contributed by atoms with E-state index < -0.39 is 11.4 Å². The lowest BCUT2D eigenvalue weighted by molar-refractivity contribution is -0.148. The quantitative estimate of drug-likeness (QED) is 0.752. The normalized spacial score (nSPS) is 22.7. The Kier molecular flexibility index (Phi) is 4.76. The van der Waals surface area contributed by atoms with Gasteiger partial charge in [-0.25, -0.2) is 4.79 Å². The van der Waals surface area contributed by atoms with E-state index >= 15 is 0 Å². The van der Waals surface area contributed by atoms with Gasteiger partial charge in [0.25, 0.3) is 0 Å². The van der Waals surface area contributed by atoms with Crippen molar-refractivity contribution in [2.45, 2.75) is 33.6 Å². The SMILES string of the molecule is CCC1(C(=O)O)CCN(C(=O)NCC=C(C)C)C1. The molecule has 1 aliphatic rings. The summed E-state index contributed by atoms with van der Waals surface area (Å²) >= 11 is 0. The van der Waals surface area contributed by atoms with Crippen LogP contribution in [0.15, 0.2) is 11.6 Å². The largest absolute Gasteiger partial charge is 0.481 e. The van der Waals surface area contributed by atoms with Crippen molar-refractivity contribution in [1.29, 1.82) is 0 Å². The van der Waals surface area contributed by atoms with Gasteiger partial charge in [0.1, 0.15) is 0 Å². The molecule has 1 heterocycles. The molecule has 18 heavy (non-hydrogen) atoms. The van der Waals surface area contributed by atoms with E-state index in [9.17, 15) is 14.7 Å². The van der Waals surface area contributed by atoms with Gasteiger partial charge in [0.15, 0.2) is 0 Å². The molecule has 0 aromatic carbocycles. The Bertz CT molecular complexity index is 361. The number of allylic oxidation sites excluding steroid dienone is 1. The third-order valence-corrected chi connectivity index (χ3v) is 3.54. The van der Waals surface area contributed by atoms with Gasteiger partial charge in [0.05, 0.1) is 5.41 Å². The Hall–Kier alpha value is -1.52. The van der Waals surface area contributed by atoms with Crippen LogP contribution in [0, 0.1) is 5.41 Å². The Morgan fingerprint density at radius 1 is 1.44 bits per heavy atom. The molecule has 1 atom stereocenters. The van der Waals surface area contributed by atoms with Gasteiger partial charge < -0.3 is 15.3 Å². The van der Waals surface area contributed by atoms with Crippen LogP contribution in [-0.4, -0.2) is 41.6 Å². The van der Waals surface area contributed by atoms with Crippen LogP contribution in [0.3, 0.4) is 0 Å². The Labute approximate surface area is 108 Å². The number of aliphatic carboxylic acids is 1. The van der Waals surface area contributed by atoms with Crippen molar-refractivity contribution in [1.82, 2.24) is 10.2 Å². The fourth-order valence-corrected chi connectivity index (χ4v) is 2.11. The molecule has 1 aliphatic heterocycles. The third-order valence-electron chi connectivity index (χ3n) is 3.54. The van der Waals surface area contributed by atoms with E-state index in [2.05, 4.69) is 5.32 Å². The first-order valence-electron chi connectivity index (χ1n) is 6.31. The van der Waals surface area contributed by atoms with E-state index in [1.165, 1.54) is 0 Å². The van der Waals surface area contributed by atoms with Crippen LogP contribution in [0.5, 0.6) is 0 Å². The Morgan fingerprint density at radius 2 is 2.11 bits per heavy atom. The number of carboxylic acids is 1. The minimum absolute atomic E-state index is 0.177. The fraction of sp³-hybridized carbons (Fsp3) is 0.692. The first-order chi connectivity index (χ1) is 8.41. The summed E-state index contributed by atoms with van der Waals surface area (Å²) in [7, 11) is 0. The van der Waals surface area contributed by atoms with Crippen molar-refractivity contribution < 1.29 is 14.7 Å². The van der Waals surface area contributed by atoms with Crippen LogP contribution in [0.4, 0.5) is 4.79 Å². The van der Waals surface area contributed by atoms with E-state index in [0.29, 0.717) is 32.5 Å². The lowest BCUT2D eigenvalue weighted by Crippen LogP contribution is -2.41. The Morgan fingerprint density at radius 3 is 2.56 bits per heavy atom. The smallest absolute Gasteiger partial charge is 0.317 e. The van der Waals surface area contributed by atoms with E-state index in [1.54, 1.807) is 4.90 Å². The summed E-state index contributed by atoms with van der Waals surface area (Å²) in [6.07, 6.45) is 3.02. The third kappa shape index (κ3) is 3.24. The summed E-state index contributed by atoms with van der Waals surface area (Å²) in [5.41, 5.74) is 0.388. The number of urea groups is 1. The summed E-state index contributed by atoms with van der Waals surface area (Å²) in [6.45, 7) is 7.10. The Balaban J connectivity index is 2.53. The number of carbonyl (C=O) groups is 2. The molecule has 0 bridgehead atoms. The zero-order valence-electron chi connectivity index (χ0n) is 11.3. The van der Waals surface area contributed by atoms with Crippen LogP contribution in [0.2, 0.25) is 0 Å². The minimum Gasteiger partial charge on any atom is -0.481 e. The number of carbonyl (C=O) groups excluding carboxylic acids is 1. The molecular formula is C13H22N2O3. The monoisotopic (exact) mass is 254 g/mol. The first-order valence-corrected chi connectivity index (χ1v) is 6.31. The highest BCUT2D eigenvalue weighted by molar-refractivity contribution is 5.79. The summed E-state index contributed by atoms with van der Waals surface area (Å²) in [6, 6.07) is -0.177. The molecule has 2 N–H and O–H groups in total. The summed E-state index contributed by atoms with van der Waals surface area (Å²) < 4.78 is 0. The number of rotatable bonds is 4. The number of hydrogen-bond donors (Lipinski definition) is 2. The van der Waals surface area contributed by atoms with Crippen LogP contribution in [0.1, 0.15) is 33.6 Å². The van der Waals surface area contributed by atoms with E-state index in [-0.39, 0.29) is 6.03 Å². The van der Waals surface area contributed by atoms with Gasteiger partial charge in [-0.1, -0.05) is 18.6 Å². The highest BCUT2D eigenvalue weighted by Gasteiger charge is 2.44. The molecule has 0 saturated carbocycles. The summed E-state index contributed by atoms with van der Waals surface area (Å²) in [5.74, 6) is -0.801. The van der Waals surface area contributed by atoms with Crippen LogP contribution < -0.4 is 5.32 Å². The second-order valence-corrected chi connectivity index (χ2v) is 5.08. The van der Waals surface area contributed by atoms with Crippen molar-refractivity contribution in [3.8, 4) is 0 Å². The van der Waals surface area contributed by atoms with Crippen LogP contribution in [0.25, 0.3) is 0 Å². The van der Waals surface area contributed by atoms with Gasteiger partial charge in [-0.2, -0.15) is 0 Å². The standard InChI is InChI=1S/C13H22N2O3/c1-4-13(11(16)17)6-8-15(9-13)12(18)14-7-5-10(2)3/h5H,4,6-9H2,1-3H3,(H,14,18)(H,16,17). The topological polar surface area (TPSA) is 69.6 Å². The molecule has 0 aromatic heterocycles. The molecular weight excluding hydrogens is 232 g/mol. The average Bonchev–Trinajstić information content (AvgIpc) is 2.74. The number of likely N-dealkylation sites (tertiary alicyclic amines) is 1. The zero-order valence-corrected chi connectivity index (χ0v) is 11.3. The molecule has 0 spiro atoms. The fourth-order valence-electron chi connectivity index (χ4n) is 2.11. The molecule has 1 rings (SSSR count). The maximum Gasteiger partial charge on any atom is 0.317 e. The predicted molar refractivity (Wildman–Crippen MR) is 69.4 cm³/mol. The molecule has 0 aliphatic carbocycles. The maximum atomic E-state index is 11.8. The van der Waals surface area contributed by atoms with Crippen LogP contribution in [-0.2, 0) is 4.79 Å². The second kappa shape index (κ2) is 5.89. The average molecular weight is 254 g/mol. The van der Waals surface area contributed by atoms with Crippen molar-refractivity contribution in [2.24, 2.45) is 5.41 Å². The predicted octanol–water partition coefficient (Wildman–Crippen LogP) is 1.85. The van der Waals surface area contributed by atoms with E-state index in [4.69, 9.17) is 0 Å². The van der Waals surface area contributed by atoms with Crippen LogP contribution >= 0.6 is 0 Å². The van der Waals surface area contributed by atoms with E-state index in [0.717, 1.165) is 5.57 Å². The molecule has 0 radical (unpaired) electrons. The highest BCUT2D eigenvalue weighted by atomic mass is 16.4. The van der Waals surface area contributed by atoms with Gasteiger partial charge in [-0.05, 0) is 26.7 Å². The van der Waals surface area contributed by atoms with Crippen molar-refractivity contribution in [3.05, 3.63) is 11.6 Å². The second-order valence-electron chi connectivity index (χ2n) is 5.08. The number of nitrogens with zero attached hydrogens (tertiary/aromatic N) is 1. The van der Waals surface area contributed by atoms with Crippen molar-refractivity contribution in [3.63, 3.8) is 0 Å². The zero-order chi connectivity index (χ0) is 13.8. The summed E-state index contributed by atoms with van der Waals surface area (Å²) in [5, 5.41) is 12.0. The molecule has 5 nitrogen and oxygen atoms in total. The molecule has 102 valence electrons.